The van der Waals surface area contributed by atoms with Crippen LogP contribution in [-0.2, 0) is 51.2 Å². The summed E-state index contributed by atoms with van der Waals surface area (Å²) in [5, 5.41) is 23.2. The van der Waals surface area contributed by atoms with E-state index in [1.54, 1.807) is 12.4 Å². The van der Waals surface area contributed by atoms with Crippen LogP contribution in [0.2, 0.25) is 0 Å². The summed E-state index contributed by atoms with van der Waals surface area (Å²) in [6.07, 6.45) is 3.95. The molecule has 24 heteroatoms. The molecule has 2 aromatic carbocycles. The van der Waals surface area contributed by atoms with Gasteiger partial charge in [-0.3, -0.25) is 48.3 Å². The number of nitrogens with zero attached hydrogens (tertiary/aromatic N) is 2. The van der Waals surface area contributed by atoms with E-state index in [4.69, 9.17) is 22.9 Å². The molecule has 74 heavy (non-hydrogen) atoms. The Morgan fingerprint density at radius 1 is 0.486 bits per heavy atom. The number of H-pyrrole nitrogens is 2. The highest BCUT2D eigenvalue weighted by molar-refractivity contribution is 5.98. The standard InChI is InChI=1S/C50H72N16O8/c1-27(2)19-37-47(73)63-35(15-9-17-55-49(51)52)45(71)65-40(22-30-24-58-34-14-8-6-12-32(30)34)44(70)60-26-42(68)62-38(20-28(3)4)48(74)64-36(16-10-18-56-50(53)54)46(72)66-39(43(69)59-25-41(67)61-37)21-29-23-57-33-13-7-5-11-31(29)33/h5-8,11-14,23-24,27-28,35-40,57-58H,9-10,15-22,25-26H2,1-4H3,(H,59,69)(H,60,70)(H,61,67)(H,62,68)(H,63,73)(H,64,74)(H,65,71)(H,66,72)(H4,51,52,55)(H4,53,54,56). The first-order chi connectivity index (χ1) is 35.3. The van der Waals surface area contributed by atoms with Crippen LogP contribution in [-0.4, -0.2) is 132 Å². The number of para-hydroxylation sites is 2. The quantitative estimate of drug-likeness (QED) is 0.0357. The Kier molecular flexibility index (Phi) is 21.2. The van der Waals surface area contributed by atoms with Crippen LogP contribution in [0.3, 0.4) is 0 Å². The van der Waals surface area contributed by atoms with Crippen LogP contribution < -0.4 is 65.5 Å². The summed E-state index contributed by atoms with van der Waals surface area (Å²) in [6.45, 7) is 6.28. The van der Waals surface area contributed by atoms with Crippen molar-refractivity contribution >= 4 is 81.0 Å². The van der Waals surface area contributed by atoms with E-state index in [2.05, 4.69) is 62.5 Å². The van der Waals surface area contributed by atoms with Crippen LogP contribution in [0.4, 0.5) is 0 Å². The average molecular weight is 1030 g/mol. The van der Waals surface area contributed by atoms with Crippen molar-refractivity contribution in [2.45, 2.75) is 115 Å². The smallest absolute Gasteiger partial charge is 0.243 e. The van der Waals surface area contributed by atoms with Gasteiger partial charge in [-0.25, -0.2) is 0 Å². The summed E-state index contributed by atoms with van der Waals surface area (Å²) >= 11 is 0. The Labute approximate surface area is 429 Å². The van der Waals surface area contributed by atoms with Gasteiger partial charge in [0.2, 0.25) is 47.3 Å². The lowest BCUT2D eigenvalue weighted by Crippen LogP contribution is -2.59. The molecule has 0 spiro atoms. The molecule has 1 aliphatic heterocycles. The molecule has 1 aliphatic rings. The van der Waals surface area contributed by atoms with Gasteiger partial charge >= 0.3 is 0 Å². The van der Waals surface area contributed by atoms with Crippen LogP contribution in [0.15, 0.2) is 70.9 Å². The molecule has 1 fully saturated rings. The fourth-order valence-electron chi connectivity index (χ4n) is 8.57. The minimum atomic E-state index is -1.31. The molecule has 4 aromatic rings. The third kappa shape index (κ3) is 17.5. The molecular formula is C50H72N16O8. The first-order valence-electron chi connectivity index (χ1n) is 24.8. The number of nitrogens with one attached hydrogen (secondary N) is 10. The molecule has 6 atom stereocenters. The van der Waals surface area contributed by atoms with E-state index in [0.717, 1.165) is 21.8 Å². The van der Waals surface area contributed by atoms with Crippen molar-refractivity contribution in [3.05, 3.63) is 72.1 Å². The first kappa shape index (κ1) is 56.7. The van der Waals surface area contributed by atoms with Gasteiger partial charge in [-0.15, -0.1) is 0 Å². The summed E-state index contributed by atoms with van der Waals surface area (Å²) in [4.78, 5) is 127. The van der Waals surface area contributed by atoms with Crippen molar-refractivity contribution < 1.29 is 38.4 Å². The normalized spacial score (nSPS) is 21.3. The number of aromatic amines is 2. The van der Waals surface area contributed by atoms with Gasteiger partial charge in [-0.1, -0.05) is 64.1 Å². The van der Waals surface area contributed by atoms with Crippen LogP contribution in [0.5, 0.6) is 0 Å². The van der Waals surface area contributed by atoms with E-state index in [0.29, 0.717) is 11.1 Å². The number of nitrogens with two attached hydrogens (primary N) is 4. The monoisotopic (exact) mass is 1020 g/mol. The summed E-state index contributed by atoms with van der Waals surface area (Å²) in [5.41, 5.74) is 25.1. The summed E-state index contributed by atoms with van der Waals surface area (Å²) in [6, 6.07) is 7.11. The molecule has 2 aromatic heterocycles. The van der Waals surface area contributed by atoms with Crippen molar-refractivity contribution in [3.8, 4) is 0 Å². The maximum absolute atomic E-state index is 14.4. The molecule has 0 saturated carbocycles. The van der Waals surface area contributed by atoms with Crippen LogP contribution in [0.25, 0.3) is 21.8 Å². The third-order valence-corrected chi connectivity index (χ3v) is 12.2. The Morgan fingerprint density at radius 3 is 1.20 bits per heavy atom. The number of amides is 8. The number of aliphatic imine (C=N–C) groups is 2. The zero-order valence-corrected chi connectivity index (χ0v) is 42.3. The minimum Gasteiger partial charge on any atom is -0.370 e. The molecule has 0 bridgehead atoms. The molecule has 24 nitrogen and oxygen atoms in total. The highest BCUT2D eigenvalue weighted by atomic mass is 16.2. The topological polar surface area (TPSA) is 393 Å². The molecule has 1 saturated heterocycles. The Balaban J connectivity index is 1.52. The number of guanidine groups is 2. The van der Waals surface area contributed by atoms with Gasteiger partial charge < -0.3 is 75.4 Å². The van der Waals surface area contributed by atoms with Crippen molar-refractivity contribution in [1.29, 1.82) is 0 Å². The van der Waals surface area contributed by atoms with Gasteiger partial charge in [0, 0.05) is 60.1 Å². The van der Waals surface area contributed by atoms with E-state index in [1.807, 2.05) is 76.2 Å². The molecule has 3 heterocycles. The SMILES string of the molecule is CC(C)CC1NC(=O)CNC(=O)C(Cc2c[nH]c3ccccc23)NC(=O)C(CCCN=C(N)N)NC(=O)C(CC(C)C)NC(=O)CNC(=O)C(Cc2c[nH]c3ccccc23)NC(=O)C(CCCN=C(N)N)NC1=O. The fraction of sp³-hybridized carbons (Fsp3) is 0.480. The summed E-state index contributed by atoms with van der Waals surface area (Å²) in [7, 11) is 0. The maximum Gasteiger partial charge on any atom is 0.243 e. The predicted molar refractivity (Wildman–Crippen MR) is 280 cm³/mol. The van der Waals surface area contributed by atoms with Gasteiger partial charge in [-0.2, -0.15) is 0 Å². The number of aromatic nitrogens is 2. The lowest BCUT2D eigenvalue weighted by atomic mass is 10.0. The second-order valence-electron chi connectivity index (χ2n) is 19.2. The van der Waals surface area contributed by atoms with E-state index in [9.17, 15) is 38.4 Å². The van der Waals surface area contributed by atoms with Crippen molar-refractivity contribution in [3.63, 3.8) is 0 Å². The molecule has 6 unspecified atom stereocenters. The van der Waals surface area contributed by atoms with E-state index in [1.165, 1.54) is 0 Å². The number of hydrogen-bond acceptors (Lipinski definition) is 10. The summed E-state index contributed by atoms with van der Waals surface area (Å²) < 4.78 is 0. The van der Waals surface area contributed by atoms with Crippen molar-refractivity contribution in [2.24, 2.45) is 44.8 Å². The largest absolute Gasteiger partial charge is 0.370 e. The number of hydrogen-bond donors (Lipinski definition) is 14. The Morgan fingerprint density at radius 2 is 0.838 bits per heavy atom. The molecule has 18 N–H and O–H groups in total. The predicted octanol–water partition coefficient (Wildman–Crippen LogP) is -1.21. The van der Waals surface area contributed by atoms with Crippen LogP contribution in [0, 0.1) is 11.8 Å². The Bertz CT molecular complexity index is 2490. The van der Waals surface area contributed by atoms with Crippen LogP contribution in [0.1, 0.15) is 77.3 Å². The van der Waals surface area contributed by atoms with Crippen LogP contribution >= 0.6 is 0 Å². The average Bonchev–Trinajstić information content (AvgIpc) is 3.96. The molecule has 0 radical (unpaired) electrons. The molecule has 400 valence electrons. The van der Waals surface area contributed by atoms with Gasteiger partial charge in [-0.05, 0) is 73.6 Å². The maximum atomic E-state index is 14.4. The van der Waals surface area contributed by atoms with E-state index >= 15 is 0 Å². The van der Waals surface area contributed by atoms with Gasteiger partial charge in [0.15, 0.2) is 11.9 Å². The van der Waals surface area contributed by atoms with Gasteiger partial charge in [0.05, 0.1) is 13.1 Å². The van der Waals surface area contributed by atoms with E-state index < -0.39 is 96.6 Å². The first-order valence-corrected chi connectivity index (χ1v) is 24.8. The van der Waals surface area contributed by atoms with Gasteiger partial charge in [0.1, 0.15) is 36.3 Å². The van der Waals surface area contributed by atoms with Crippen molar-refractivity contribution in [1.82, 2.24) is 52.5 Å². The highest BCUT2D eigenvalue weighted by Gasteiger charge is 2.34. The van der Waals surface area contributed by atoms with E-state index in [-0.39, 0.29) is 88.2 Å². The number of carbonyl (C=O) groups excluding carboxylic acids is 8. The zero-order chi connectivity index (χ0) is 53.9. The molecule has 5 rings (SSSR count). The summed E-state index contributed by atoms with van der Waals surface area (Å²) in [5.74, 6) is -6.62. The number of fused-ring (bicyclic) bond motifs is 2. The second-order valence-corrected chi connectivity index (χ2v) is 19.2. The minimum absolute atomic E-state index is 0.00342. The molecular weight excluding hydrogens is 953 g/mol. The third-order valence-electron chi connectivity index (χ3n) is 12.2. The fourth-order valence-corrected chi connectivity index (χ4v) is 8.57. The number of rotatable bonds is 16. The molecule has 0 aliphatic carbocycles. The zero-order valence-electron chi connectivity index (χ0n) is 42.3. The van der Waals surface area contributed by atoms with Gasteiger partial charge in [0.25, 0.3) is 0 Å². The number of carbonyl (C=O) groups is 8. The van der Waals surface area contributed by atoms with Crippen molar-refractivity contribution in [2.75, 3.05) is 26.2 Å². The lowest BCUT2D eigenvalue weighted by molar-refractivity contribution is -0.135. The highest BCUT2D eigenvalue weighted by Crippen LogP contribution is 2.21. The number of benzene rings is 2. The Hall–Kier alpha value is -8.18. The second kappa shape index (κ2) is 27.6. The molecule has 8 amide bonds. The lowest BCUT2D eigenvalue weighted by Gasteiger charge is -2.27.